The van der Waals surface area contributed by atoms with Gasteiger partial charge in [0.1, 0.15) is 17.9 Å². The number of imidazole rings is 1. The van der Waals surface area contributed by atoms with Gasteiger partial charge in [0.2, 0.25) is 10.0 Å². The van der Waals surface area contributed by atoms with Crippen molar-refractivity contribution in [3.05, 3.63) is 17.1 Å². The highest BCUT2D eigenvalue weighted by Gasteiger charge is 2.31. The Labute approximate surface area is 167 Å². The van der Waals surface area contributed by atoms with Crippen molar-refractivity contribution in [3.63, 3.8) is 0 Å². The smallest absolute Gasteiger partial charge is 0.211 e. The van der Waals surface area contributed by atoms with E-state index >= 15 is 0 Å². The number of hydrogen-bond donors (Lipinski definition) is 1. The number of nitrogens with zero attached hydrogens (tertiary/aromatic N) is 4. The number of pyridine rings is 1. The van der Waals surface area contributed by atoms with E-state index in [0.29, 0.717) is 38.0 Å². The number of nitrogen functional groups attached to an aromatic ring is 1. The SMILES string of the molecule is CCOCc1nc2c(N)nc(C)c(C)c2n1C(C)C1CCN(S(C)(=O)=O)CC1. The summed E-state index contributed by atoms with van der Waals surface area (Å²) in [5.74, 6) is 1.63. The lowest BCUT2D eigenvalue weighted by Crippen LogP contribution is -2.39. The average molecular weight is 410 g/mol. The van der Waals surface area contributed by atoms with Crippen LogP contribution in [0.15, 0.2) is 0 Å². The fourth-order valence-electron chi connectivity index (χ4n) is 4.14. The van der Waals surface area contributed by atoms with Crippen LogP contribution in [0, 0.1) is 19.8 Å². The van der Waals surface area contributed by atoms with Gasteiger partial charge in [0.25, 0.3) is 0 Å². The number of nitrogens with two attached hydrogens (primary N) is 1. The van der Waals surface area contributed by atoms with Gasteiger partial charge in [-0.25, -0.2) is 22.7 Å². The van der Waals surface area contributed by atoms with Crippen LogP contribution in [0.4, 0.5) is 5.82 Å². The van der Waals surface area contributed by atoms with Crippen molar-refractivity contribution >= 4 is 26.9 Å². The highest BCUT2D eigenvalue weighted by molar-refractivity contribution is 7.88. The lowest BCUT2D eigenvalue weighted by molar-refractivity contribution is 0.121. The molecule has 0 saturated carbocycles. The standard InChI is InChI=1S/C19H31N5O3S/c1-6-27-11-16-22-17-18(12(2)13(3)21-19(17)20)24(16)14(4)15-7-9-23(10-8-15)28(5,25)26/h14-15H,6-11H2,1-5H3,(H2,20,21). The minimum atomic E-state index is -3.13. The molecule has 0 amide bonds. The van der Waals surface area contributed by atoms with Gasteiger partial charge < -0.3 is 15.0 Å². The summed E-state index contributed by atoms with van der Waals surface area (Å²) in [6, 6.07) is 0.155. The third kappa shape index (κ3) is 3.88. The molecule has 1 atom stereocenters. The highest BCUT2D eigenvalue weighted by atomic mass is 32.2. The first-order valence-corrected chi connectivity index (χ1v) is 11.7. The number of aryl methyl sites for hydroxylation is 2. The molecule has 3 heterocycles. The third-order valence-corrected chi connectivity index (χ3v) is 7.21. The molecule has 0 spiro atoms. The maximum Gasteiger partial charge on any atom is 0.211 e. The van der Waals surface area contributed by atoms with Gasteiger partial charge >= 0.3 is 0 Å². The second kappa shape index (κ2) is 7.96. The molecule has 2 N–H and O–H groups in total. The number of piperidine rings is 1. The second-order valence-electron chi connectivity index (χ2n) is 7.68. The molecule has 1 saturated heterocycles. The van der Waals surface area contributed by atoms with Gasteiger partial charge in [-0.2, -0.15) is 0 Å². The second-order valence-corrected chi connectivity index (χ2v) is 9.66. The van der Waals surface area contributed by atoms with Crippen molar-refractivity contribution in [2.75, 3.05) is 31.7 Å². The predicted molar refractivity (Wildman–Crippen MR) is 111 cm³/mol. The molecule has 0 aliphatic carbocycles. The first-order chi connectivity index (χ1) is 13.1. The molecule has 8 nitrogen and oxygen atoms in total. The van der Waals surface area contributed by atoms with Gasteiger partial charge in [-0.1, -0.05) is 0 Å². The van der Waals surface area contributed by atoms with Crippen molar-refractivity contribution in [1.29, 1.82) is 0 Å². The molecule has 156 valence electrons. The number of fused-ring (bicyclic) bond motifs is 1. The number of sulfonamides is 1. The Bertz CT molecular complexity index is 962. The van der Waals surface area contributed by atoms with E-state index in [1.807, 2.05) is 20.8 Å². The van der Waals surface area contributed by atoms with Crippen LogP contribution in [-0.2, 0) is 21.4 Å². The summed E-state index contributed by atoms with van der Waals surface area (Å²) in [6.45, 7) is 10.3. The van der Waals surface area contributed by atoms with Crippen LogP contribution in [0.3, 0.4) is 0 Å². The van der Waals surface area contributed by atoms with Gasteiger partial charge in [0.15, 0.2) is 5.82 Å². The maximum atomic E-state index is 11.8. The predicted octanol–water partition coefficient (Wildman–Crippen LogP) is 2.40. The normalized spacial score (nSPS) is 18.0. The van der Waals surface area contributed by atoms with Gasteiger partial charge in [-0.3, -0.25) is 0 Å². The van der Waals surface area contributed by atoms with Crippen LogP contribution < -0.4 is 5.73 Å². The van der Waals surface area contributed by atoms with Gasteiger partial charge in [-0.15, -0.1) is 0 Å². The van der Waals surface area contributed by atoms with Gasteiger partial charge in [0.05, 0.1) is 11.8 Å². The fourth-order valence-corrected chi connectivity index (χ4v) is 5.01. The lowest BCUT2D eigenvalue weighted by atomic mass is 9.90. The number of aromatic nitrogens is 3. The topological polar surface area (TPSA) is 103 Å². The maximum absolute atomic E-state index is 11.8. The molecule has 1 aliphatic rings. The number of rotatable bonds is 6. The Balaban J connectivity index is 2.01. The zero-order valence-electron chi connectivity index (χ0n) is 17.4. The molecule has 0 bridgehead atoms. The van der Waals surface area contributed by atoms with Crippen molar-refractivity contribution < 1.29 is 13.2 Å². The zero-order chi connectivity index (χ0) is 20.6. The minimum absolute atomic E-state index is 0.155. The molecule has 0 aromatic carbocycles. The van der Waals surface area contributed by atoms with Crippen LogP contribution in [0.5, 0.6) is 0 Å². The molecule has 2 aromatic rings. The van der Waals surface area contributed by atoms with Crippen LogP contribution in [0.1, 0.15) is 49.8 Å². The molecule has 0 radical (unpaired) electrons. The van der Waals surface area contributed by atoms with Crippen LogP contribution in [-0.4, -0.2) is 53.2 Å². The molecular weight excluding hydrogens is 378 g/mol. The summed E-state index contributed by atoms with van der Waals surface area (Å²) < 4.78 is 33.1. The zero-order valence-corrected chi connectivity index (χ0v) is 18.2. The summed E-state index contributed by atoms with van der Waals surface area (Å²) in [4.78, 5) is 9.20. The lowest BCUT2D eigenvalue weighted by Gasteiger charge is -2.35. The summed E-state index contributed by atoms with van der Waals surface area (Å²) in [7, 11) is -3.13. The Hall–Kier alpha value is -1.71. The molecule has 1 fully saturated rings. The summed E-state index contributed by atoms with van der Waals surface area (Å²) in [5.41, 5.74) is 9.88. The molecule has 2 aromatic heterocycles. The molecule has 3 rings (SSSR count). The third-order valence-electron chi connectivity index (χ3n) is 5.91. The van der Waals surface area contributed by atoms with E-state index in [-0.39, 0.29) is 6.04 Å². The van der Waals surface area contributed by atoms with E-state index in [9.17, 15) is 8.42 Å². The molecular formula is C19H31N5O3S. The van der Waals surface area contributed by atoms with Gasteiger partial charge in [-0.05, 0) is 52.0 Å². The van der Waals surface area contributed by atoms with Crippen molar-refractivity contribution in [2.45, 2.75) is 53.2 Å². The largest absolute Gasteiger partial charge is 0.382 e. The van der Waals surface area contributed by atoms with E-state index in [4.69, 9.17) is 15.5 Å². The highest BCUT2D eigenvalue weighted by Crippen LogP contribution is 2.35. The quantitative estimate of drug-likeness (QED) is 0.786. The fraction of sp³-hybridized carbons (Fsp3) is 0.684. The van der Waals surface area contributed by atoms with E-state index in [2.05, 4.69) is 16.5 Å². The van der Waals surface area contributed by atoms with E-state index in [1.54, 1.807) is 4.31 Å². The Kier molecular flexibility index (Phi) is 5.97. The Morgan fingerprint density at radius 3 is 2.46 bits per heavy atom. The van der Waals surface area contributed by atoms with Crippen molar-refractivity contribution in [3.8, 4) is 0 Å². The van der Waals surface area contributed by atoms with E-state index in [1.165, 1.54) is 6.26 Å². The number of anilines is 1. The first-order valence-electron chi connectivity index (χ1n) is 9.81. The van der Waals surface area contributed by atoms with E-state index < -0.39 is 10.0 Å². The summed E-state index contributed by atoms with van der Waals surface area (Å²) >= 11 is 0. The van der Waals surface area contributed by atoms with Crippen molar-refractivity contribution in [1.82, 2.24) is 18.8 Å². The number of ether oxygens (including phenoxy) is 1. The number of hydrogen-bond acceptors (Lipinski definition) is 6. The summed E-state index contributed by atoms with van der Waals surface area (Å²) in [5, 5.41) is 0. The van der Waals surface area contributed by atoms with Crippen LogP contribution in [0.25, 0.3) is 11.0 Å². The van der Waals surface area contributed by atoms with Gasteiger partial charge in [0, 0.05) is 31.4 Å². The Morgan fingerprint density at radius 2 is 1.89 bits per heavy atom. The Morgan fingerprint density at radius 1 is 1.25 bits per heavy atom. The molecule has 1 unspecified atom stereocenters. The van der Waals surface area contributed by atoms with E-state index in [0.717, 1.165) is 41.0 Å². The monoisotopic (exact) mass is 409 g/mol. The molecule has 28 heavy (non-hydrogen) atoms. The summed E-state index contributed by atoms with van der Waals surface area (Å²) in [6.07, 6.45) is 2.92. The van der Waals surface area contributed by atoms with Crippen molar-refractivity contribution in [2.24, 2.45) is 5.92 Å². The minimum Gasteiger partial charge on any atom is -0.382 e. The molecule has 9 heteroatoms. The first kappa shape index (κ1) is 21.0. The van der Waals surface area contributed by atoms with Crippen LogP contribution in [0.2, 0.25) is 0 Å². The average Bonchev–Trinajstić information content (AvgIpc) is 3.03. The van der Waals surface area contributed by atoms with Crippen LogP contribution >= 0.6 is 0 Å². The molecule has 1 aliphatic heterocycles.